The molecule has 1 aromatic rings. The Hall–Kier alpha value is -0.920. The molecule has 0 saturated carbocycles. The highest BCUT2D eigenvalue weighted by Gasteiger charge is 2.29. The quantitative estimate of drug-likeness (QED) is 0.868. The van der Waals surface area contributed by atoms with E-state index in [1.165, 1.54) is 11.3 Å². The van der Waals surface area contributed by atoms with E-state index in [1.54, 1.807) is 13.0 Å². The van der Waals surface area contributed by atoms with Crippen LogP contribution in [0.15, 0.2) is 11.0 Å². The van der Waals surface area contributed by atoms with Gasteiger partial charge < -0.3 is 5.32 Å². The number of hydrogen-bond acceptors (Lipinski definition) is 4. The maximum atomic E-state index is 12.2. The molecule has 1 aliphatic rings. The van der Waals surface area contributed by atoms with Crippen molar-refractivity contribution >= 4 is 27.3 Å². The molecule has 2 N–H and O–H groups in total. The molecular weight excluding hydrogens is 272 g/mol. The first-order chi connectivity index (χ1) is 8.40. The van der Waals surface area contributed by atoms with Gasteiger partial charge in [-0.2, -0.15) is 4.72 Å². The van der Waals surface area contributed by atoms with Crippen LogP contribution in [0.4, 0.5) is 0 Å². The van der Waals surface area contributed by atoms with Gasteiger partial charge in [0.2, 0.25) is 15.9 Å². The molecular formula is C11H16N2O3S2. The number of carbonyl (C=O) groups is 1. The van der Waals surface area contributed by atoms with Crippen LogP contribution in [0.1, 0.15) is 22.6 Å². The lowest BCUT2D eigenvalue weighted by molar-refractivity contribution is -0.124. The average Bonchev–Trinajstić information content (AvgIpc) is 2.62. The summed E-state index contributed by atoms with van der Waals surface area (Å²) in [6, 6.07) is 0.992. The van der Waals surface area contributed by atoms with Gasteiger partial charge in [-0.1, -0.05) is 0 Å². The van der Waals surface area contributed by atoms with Crippen LogP contribution in [-0.4, -0.2) is 26.9 Å². The van der Waals surface area contributed by atoms with Crippen LogP contribution in [0.25, 0.3) is 0 Å². The second-order valence-corrected chi connectivity index (χ2v) is 7.53. The zero-order chi connectivity index (χ0) is 13.3. The Morgan fingerprint density at radius 3 is 2.72 bits per heavy atom. The van der Waals surface area contributed by atoms with Crippen LogP contribution in [-0.2, 0) is 14.8 Å². The zero-order valence-electron chi connectivity index (χ0n) is 10.3. The topological polar surface area (TPSA) is 75.3 Å². The largest absolute Gasteiger partial charge is 0.355 e. The van der Waals surface area contributed by atoms with Gasteiger partial charge in [0.15, 0.2) is 0 Å². The van der Waals surface area contributed by atoms with Crippen molar-refractivity contribution in [2.75, 3.05) is 6.54 Å². The minimum absolute atomic E-state index is 0.241. The number of rotatable bonds is 3. The number of hydrogen-bond donors (Lipinski definition) is 2. The van der Waals surface area contributed by atoms with Crippen molar-refractivity contribution in [3.63, 3.8) is 0 Å². The highest BCUT2D eigenvalue weighted by Crippen LogP contribution is 2.25. The summed E-state index contributed by atoms with van der Waals surface area (Å²) in [4.78, 5) is 13.5. The number of piperidine rings is 1. The number of nitrogens with one attached hydrogen (secondary N) is 2. The van der Waals surface area contributed by atoms with Crippen LogP contribution in [0, 0.1) is 13.8 Å². The molecule has 2 rings (SSSR count). The number of sulfonamides is 1. The molecule has 1 aliphatic heterocycles. The van der Waals surface area contributed by atoms with Crippen LogP contribution < -0.4 is 10.0 Å². The van der Waals surface area contributed by atoms with Crippen LogP contribution in [0.3, 0.4) is 0 Å². The molecule has 2 heterocycles. The number of aryl methyl sites for hydroxylation is 2. The molecule has 1 amide bonds. The highest BCUT2D eigenvalue weighted by molar-refractivity contribution is 7.89. The van der Waals surface area contributed by atoms with Gasteiger partial charge in [-0.05, 0) is 32.8 Å². The summed E-state index contributed by atoms with van der Waals surface area (Å²) in [6.07, 6.45) is 1.34. The maximum absolute atomic E-state index is 12.2. The SMILES string of the molecule is Cc1cc(S(=O)(=O)N[C@@H]2CCCNC2=O)c(C)s1. The third-order valence-electron chi connectivity index (χ3n) is 2.87. The van der Waals surface area contributed by atoms with E-state index in [0.29, 0.717) is 13.0 Å². The fraction of sp³-hybridized carbons (Fsp3) is 0.545. The van der Waals surface area contributed by atoms with Gasteiger partial charge in [-0.3, -0.25) is 4.79 Å². The predicted molar refractivity (Wildman–Crippen MR) is 70.1 cm³/mol. The van der Waals surface area contributed by atoms with E-state index in [9.17, 15) is 13.2 Å². The van der Waals surface area contributed by atoms with E-state index >= 15 is 0 Å². The first kappa shape index (κ1) is 13.5. The lowest BCUT2D eigenvalue weighted by atomic mass is 10.1. The van der Waals surface area contributed by atoms with Gasteiger partial charge in [0, 0.05) is 16.3 Å². The summed E-state index contributed by atoms with van der Waals surface area (Å²) in [7, 11) is -3.60. The van der Waals surface area contributed by atoms with E-state index in [-0.39, 0.29) is 10.8 Å². The van der Waals surface area contributed by atoms with E-state index in [4.69, 9.17) is 0 Å². The maximum Gasteiger partial charge on any atom is 0.242 e. The van der Waals surface area contributed by atoms with Gasteiger partial charge in [-0.25, -0.2) is 8.42 Å². The van der Waals surface area contributed by atoms with Crippen LogP contribution in [0.2, 0.25) is 0 Å². The van der Waals surface area contributed by atoms with Gasteiger partial charge in [0.1, 0.15) is 6.04 Å². The first-order valence-corrected chi connectivity index (χ1v) is 8.07. The smallest absolute Gasteiger partial charge is 0.242 e. The lowest BCUT2D eigenvalue weighted by Crippen LogP contribution is -2.50. The summed E-state index contributed by atoms with van der Waals surface area (Å²) in [5.74, 6) is -0.241. The van der Waals surface area contributed by atoms with Crippen LogP contribution in [0.5, 0.6) is 0 Å². The molecule has 100 valence electrons. The Morgan fingerprint density at radius 1 is 1.44 bits per heavy atom. The monoisotopic (exact) mass is 288 g/mol. The number of carbonyl (C=O) groups excluding carboxylic acids is 1. The number of amides is 1. The average molecular weight is 288 g/mol. The summed E-state index contributed by atoms with van der Waals surface area (Å²) in [5.41, 5.74) is 0. The summed E-state index contributed by atoms with van der Waals surface area (Å²) in [5, 5.41) is 2.66. The molecule has 5 nitrogen and oxygen atoms in total. The second-order valence-electron chi connectivity index (χ2n) is 4.38. The molecule has 1 aromatic heterocycles. The molecule has 1 fully saturated rings. The molecule has 0 aromatic carbocycles. The first-order valence-electron chi connectivity index (χ1n) is 5.77. The molecule has 0 spiro atoms. The third-order valence-corrected chi connectivity index (χ3v) is 5.56. The fourth-order valence-corrected chi connectivity index (χ4v) is 4.79. The minimum Gasteiger partial charge on any atom is -0.355 e. The molecule has 0 bridgehead atoms. The Bertz CT molecular complexity index is 563. The molecule has 0 radical (unpaired) electrons. The van der Waals surface area contributed by atoms with Crippen molar-refractivity contribution in [1.82, 2.24) is 10.0 Å². The standard InChI is InChI=1S/C11H16N2O3S2/c1-7-6-10(8(2)17-7)18(15,16)13-9-4-3-5-12-11(9)14/h6,9,13H,3-5H2,1-2H3,(H,12,14)/t9-/m1/s1. The van der Waals surface area contributed by atoms with E-state index in [2.05, 4.69) is 10.0 Å². The van der Waals surface area contributed by atoms with E-state index in [1.807, 2.05) is 6.92 Å². The second kappa shape index (κ2) is 4.99. The molecule has 0 aliphatic carbocycles. The summed E-state index contributed by atoms with van der Waals surface area (Å²) in [6.45, 7) is 4.25. The van der Waals surface area contributed by atoms with Gasteiger partial charge in [-0.15, -0.1) is 11.3 Å². The normalized spacial score (nSPS) is 20.8. The lowest BCUT2D eigenvalue weighted by Gasteiger charge is -2.22. The highest BCUT2D eigenvalue weighted by atomic mass is 32.2. The Balaban J connectivity index is 2.21. The minimum atomic E-state index is -3.60. The van der Waals surface area contributed by atoms with Crippen molar-refractivity contribution in [2.24, 2.45) is 0 Å². The van der Waals surface area contributed by atoms with Crippen molar-refractivity contribution in [2.45, 2.75) is 37.6 Å². The molecule has 1 atom stereocenters. The Kier molecular flexibility index (Phi) is 3.74. The Labute approximate surface area is 111 Å². The van der Waals surface area contributed by atoms with Gasteiger partial charge in [0.05, 0.1) is 4.90 Å². The predicted octanol–water partition coefficient (Wildman–Crippen LogP) is 0.922. The fourth-order valence-electron chi connectivity index (χ4n) is 2.01. The summed E-state index contributed by atoms with van der Waals surface area (Å²) >= 11 is 1.44. The molecule has 0 unspecified atom stereocenters. The zero-order valence-corrected chi connectivity index (χ0v) is 12.0. The van der Waals surface area contributed by atoms with Gasteiger partial charge in [0.25, 0.3) is 0 Å². The van der Waals surface area contributed by atoms with Crippen molar-refractivity contribution in [3.05, 3.63) is 15.8 Å². The Morgan fingerprint density at radius 2 is 2.17 bits per heavy atom. The third kappa shape index (κ3) is 2.73. The van der Waals surface area contributed by atoms with Crippen molar-refractivity contribution in [3.8, 4) is 0 Å². The van der Waals surface area contributed by atoms with Crippen molar-refractivity contribution < 1.29 is 13.2 Å². The van der Waals surface area contributed by atoms with E-state index in [0.717, 1.165) is 16.2 Å². The van der Waals surface area contributed by atoms with E-state index < -0.39 is 16.1 Å². The molecule has 1 saturated heterocycles. The number of thiophene rings is 1. The van der Waals surface area contributed by atoms with Crippen molar-refractivity contribution in [1.29, 1.82) is 0 Å². The molecule has 7 heteroatoms. The van der Waals surface area contributed by atoms with Gasteiger partial charge >= 0.3 is 0 Å². The molecule has 18 heavy (non-hydrogen) atoms. The van der Waals surface area contributed by atoms with Crippen LogP contribution >= 0.6 is 11.3 Å². The summed E-state index contributed by atoms with van der Waals surface area (Å²) < 4.78 is 26.9.